The Labute approximate surface area is 166 Å². The molecule has 0 aromatic carbocycles. The maximum atomic E-state index is 12.1. The average molecular weight is 389 g/mol. The lowest BCUT2D eigenvalue weighted by Gasteiger charge is -2.22. The highest BCUT2D eigenvalue weighted by Crippen LogP contribution is 2.14. The number of hydrogen-bond donors (Lipinski definition) is 1. The van der Waals surface area contributed by atoms with E-state index in [-0.39, 0.29) is 11.8 Å². The molecule has 2 aromatic heterocycles. The molecule has 0 saturated heterocycles. The third kappa shape index (κ3) is 6.27. The lowest BCUT2D eigenvalue weighted by molar-refractivity contribution is -0.131. The number of nitrogens with zero attached hydrogens (tertiary/aromatic N) is 2. The maximum Gasteiger partial charge on any atom is 0.286 e. The SMILES string of the molecule is CCCN(Cc1cccn1Cc1ccc(C(=O)NCCCOC)o1)C(=O)CC. The Kier molecular flexibility index (Phi) is 8.81. The summed E-state index contributed by atoms with van der Waals surface area (Å²) in [5, 5.41) is 2.81. The molecule has 1 N–H and O–H groups in total. The summed E-state index contributed by atoms with van der Waals surface area (Å²) in [6.45, 7) is 6.93. The van der Waals surface area contributed by atoms with Gasteiger partial charge >= 0.3 is 0 Å². The van der Waals surface area contributed by atoms with Crippen molar-refractivity contribution >= 4 is 11.8 Å². The van der Waals surface area contributed by atoms with Gasteiger partial charge in [0.25, 0.3) is 5.91 Å². The van der Waals surface area contributed by atoms with Gasteiger partial charge in [-0.1, -0.05) is 13.8 Å². The molecule has 0 aliphatic rings. The predicted molar refractivity (Wildman–Crippen MR) is 107 cm³/mol. The van der Waals surface area contributed by atoms with Crippen LogP contribution in [0.4, 0.5) is 0 Å². The summed E-state index contributed by atoms with van der Waals surface area (Å²) in [6, 6.07) is 7.48. The normalized spacial score (nSPS) is 10.8. The molecule has 2 amide bonds. The molecule has 28 heavy (non-hydrogen) atoms. The van der Waals surface area contributed by atoms with Gasteiger partial charge in [-0.2, -0.15) is 0 Å². The quantitative estimate of drug-likeness (QED) is 0.566. The van der Waals surface area contributed by atoms with E-state index in [1.54, 1.807) is 13.2 Å². The first-order valence-electron chi connectivity index (χ1n) is 9.86. The molecular formula is C21H31N3O4. The second-order valence-corrected chi connectivity index (χ2v) is 6.66. The van der Waals surface area contributed by atoms with Gasteiger partial charge in [-0.05, 0) is 37.1 Å². The van der Waals surface area contributed by atoms with Crippen molar-refractivity contribution in [1.29, 1.82) is 0 Å². The van der Waals surface area contributed by atoms with Gasteiger partial charge < -0.3 is 23.9 Å². The monoisotopic (exact) mass is 389 g/mol. The first kappa shape index (κ1) is 21.8. The molecule has 7 heteroatoms. The number of carbonyl (C=O) groups excluding carboxylic acids is 2. The zero-order valence-corrected chi connectivity index (χ0v) is 17.1. The first-order chi connectivity index (χ1) is 13.6. The van der Waals surface area contributed by atoms with E-state index in [9.17, 15) is 9.59 Å². The lowest BCUT2D eigenvalue weighted by atomic mass is 10.3. The van der Waals surface area contributed by atoms with Crippen LogP contribution in [0.3, 0.4) is 0 Å². The van der Waals surface area contributed by atoms with E-state index in [0.717, 1.165) is 25.1 Å². The molecule has 0 bridgehead atoms. The van der Waals surface area contributed by atoms with Gasteiger partial charge in [0, 0.05) is 45.1 Å². The molecule has 0 saturated carbocycles. The number of ether oxygens (including phenoxy) is 1. The molecule has 2 rings (SSSR count). The number of rotatable bonds is 12. The highest BCUT2D eigenvalue weighted by Gasteiger charge is 2.15. The Bertz CT molecular complexity index is 750. The molecule has 154 valence electrons. The zero-order chi connectivity index (χ0) is 20.4. The molecule has 0 unspecified atom stereocenters. The fraction of sp³-hybridized carbons (Fsp3) is 0.524. The number of furan rings is 1. The highest BCUT2D eigenvalue weighted by molar-refractivity contribution is 5.91. The third-order valence-electron chi connectivity index (χ3n) is 4.45. The van der Waals surface area contributed by atoms with Crippen LogP contribution in [-0.4, -0.2) is 48.1 Å². The summed E-state index contributed by atoms with van der Waals surface area (Å²) in [5.41, 5.74) is 1.04. The second kappa shape index (κ2) is 11.3. The van der Waals surface area contributed by atoms with E-state index in [4.69, 9.17) is 9.15 Å². The number of methoxy groups -OCH3 is 1. The fourth-order valence-corrected chi connectivity index (χ4v) is 2.99. The van der Waals surface area contributed by atoms with Gasteiger partial charge in [0.2, 0.25) is 5.91 Å². The van der Waals surface area contributed by atoms with Crippen LogP contribution in [-0.2, 0) is 22.6 Å². The fourth-order valence-electron chi connectivity index (χ4n) is 2.99. The Balaban J connectivity index is 1.98. The summed E-state index contributed by atoms with van der Waals surface area (Å²) in [5.74, 6) is 0.927. The van der Waals surface area contributed by atoms with Crippen LogP contribution in [0.2, 0.25) is 0 Å². The summed E-state index contributed by atoms with van der Waals surface area (Å²) >= 11 is 0. The molecule has 0 aliphatic carbocycles. The van der Waals surface area contributed by atoms with Crippen molar-refractivity contribution in [1.82, 2.24) is 14.8 Å². The van der Waals surface area contributed by atoms with E-state index in [1.165, 1.54) is 0 Å². The average Bonchev–Trinajstić information content (AvgIpc) is 3.34. The van der Waals surface area contributed by atoms with E-state index < -0.39 is 0 Å². The largest absolute Gasteiger partial charge is 0.454 e. The minimum Gasteiger partial charge on any atom is -0.454 e. The summed E-state index contributed by atoms with van der Waals surface area (Å²) in [6.07, 6.45) is 4.14. The first-order valence-corrected chi connectivity index (χ1v) is 9.86. The number of aromatic nitrogens is 1. The number of nitrogens with one attached hydrogen (secondary N) is 1. The van der Waals surface area contributed by atoms with Gasteiger partial charge in [-0.15, -0.1) is 0 Å². The van der Waals surface area contributed by atoms with Crippen molar-refractivity contribution in [3.8, 4) is 0 Å². The van der Waals surface area contributed by atoms with Crippen LogP contribution in [0.5, 0.6) is 0 Å². The van der Waals surface area contributed by atoms with Crippen molar-refractivity contribution in [2.75, 3.05) is 26.8 Å². The smallest absolute Gasteiger partial charge is 0.286 e. The van der Waals surface area contributed by atoms with Crippen LogP contribution >= 0.6 is 0 Å². The van der Waals surface area contributed by atoms with Crippen LogP contribution in [0, 0.1) is 0 Å². The number of carbonyl (C=O) groups is 2. The van der Waals surface area contributed by atoms with Gasteiger partial charge in [-0.25, -0.2) is 0 Å². The van der Waals surface area contributed by atoms with Gasteiger partial charge in [0.1, 0.15) is 5.76 Å². The van der Waals surface area contributed by atoms with Crippen LogP contribution in [0.1, 0.15) is 55.1 Å². The summed E-state index contributed by atoms with van der Waals surface area (Å²) < 4.78 is 12.7. The molecule has 2 aromatic rings. The minimum absolute atomic E-state index is 0.153. The summed E-state index contributed by atoms with van der Waals surface area (Å²) in [4.78, 5) is 26.2. The molecule has 0 atom stereocenters. The predicted octanol–water partition coefficient (Wildman–Crippen LogP) is 3.04. The number of amides is 2. The van der Waals surface area contributed by atoms with E-state index >= 15 is 0 Å². The zero-order valence-electron chi connectivity index (χ0n) is 17.1. The Morgan fingerprint density at radius 3 is 2.79 bits per heavy atom. The minimum atomic E-state index is -0.224. The molecule has 0 fully saturated rings. The van der Waals surface area contributed by atoms with Crippen LogP contribution in [0.15, 0.2) is 34.9 Å². The highest BCUT2D eigenvalue weighted by atomic mass is 16.5. The molecular weight excluding hydrogens is 358 g/mol. The van der Waals surface area contributed by atoms with E-state index in [0.29, 0.717) is 44.2 Å². The van der Waals surface area contributed by atoms with Crippen molar-refractivity contribution in [3.63, 3.8) is 0 Å². The van der Waals surface area contributed by atoms with Crippen molar-refractivity contribution in [2.24, 2.45) is 0 Å². The Morgan fingerprint density at radius 1 is 1.25 bits per heavy atom. The van der Waals surface area contributed by atoms with Crippen LogP contribution in [0.25, 0.3) is 0 Å². The number of hydrogen-bond acceptors (Lipinski definition) is 4. The summed E-state index contributed by atoms with van der Waals surface area (Å²) in [7, 11) is 1.63. The van der Waals surface area contributed by atoms with E-state index in [1.807, 2.05) is 40.8 Å². The van der Waals surface area contributed by atoms with Gasteiger partial charge in [0.05, 0.1) is 13.1 Å². The molecule has 0 aliphatic heterocycles. The Hall–Kier alpha value is -2.54. The van der Waals surface area contributed by atoms with Crippen LogP contribution < -0.4 is 5.32 Å². The Morgan fingerprint density at radius 2 is 2.07 bits per heavy atom. The van der Waals surface area contributed by atoms with Gasteiger partial charge in [-0.3, -0.25) is 9.59 Å². The maximum absolute atomic E-state index is 12.1. The van der Waals surface area contributed by atoms with E-state index in [2.05, 4.69) is 12.2 Å². The molecule has 2 heterocycles. The second-order valence-electron chi connectivity index (χ2n) is 6.66. The molecule has 7 nitrogen and oxygen atoms in total. The molecule has 0 radical (unpaired) electrons. The topological polar surface area (TPSA) is 76.7 Å². The molecule has 0 spiro atoms. The van der Waals surface area contributed by atoms with Gasteiger partial charge in [0.15, 0.2) is 5.76 Å². The third-order valence-corrected chi connectivity index (χ3v) is 4.45. The van der Waals surface area contributed by atoms with Crippen molar-refractivity contribution < 1.29 is 18.7 Å². The van der Waals surface area contributed by atoms with Crippen molar-refractivity contribution in [2.45, 2.75) is 46.2 Å². The lowest BCUT2D eigenvalue weighted by Crippen LogP contribution is -2.31. The standard InChI is InChI=1S/C21H31N3O4/c1-4-12-24(20(25)5-2)15-17-8-6-13-23(17)16-18-9-10-19(28-18)21(26)22-11-7-14-27-3/h6,8-10,13H,4-5,7,11-12,14-16H2,1-3H3,(H,22,26). The van der Waals surface area contributed by atoms with Crippen molar-refractivity contribution in [3.05, 3.63) is 47.7 Å².